The zero-order valence-electron chi connectivity index (χ0n) is 9.13. The van der Waals surface area contributed by atoms with Crippen LogP contribution in [0.1, 0.15) is 17.3 Å². The summed E-state index contributed by atoms with van der Waals surface area (Å²) in [6, 6.07) is 7.41. The predicted molar refractivity (Wildman–Crippen MR) is 60.4 cm³/mol. The van der Waals surface area contributed by atoms with Crippen molar-refractivity contribution in [2.75, 3.05) is 0 Å². The number of hydrogen-bond donors (Lipinski definition) is 0. The van der Waals surface area contributed by atoms with Gasteiger partial charge in [0.1, 0.15) is 5.75 Å². The maximum absolute atomic E-state index is 11.3. The summed E-state index contributed by atoms with van der Waals surface area (Å²) < 4.78 is 5.81. The zero-order valence-corrected chi connectivity index (χ0v) is 10.1. The van der Waals surface area contributed by atoms with Crippen molar-refractivity contribution in [1.82, 2.24) is 0 Å². The molecule has 0 aliphatic rings. The first-order chi connectivity index (χ1) is 6.40. The Morgan fingerprint density at radius 1 is 1.21 bits per heavy atom. The summed E-state index contributed by atoms with van der Waals surface area (Å²) in [6.45, 7) is 7.87. The van der Waals surface area contributed by atoms with E-state index in [4.69, 9.17) is 4.43 Å². The monoisotopic (exact) mass is 208 g/mol. The highest BCUT2D eigenvalue weighted by molar-refractivity contribution is 6.70. The maximum atomic E-state index is 11.3. The third-order valence-corrected chi connectivity index (χ3v) is 2.51. The number of carbonyl (C=O) groups excluding carboxylic acids is 1. The highest BCUT2D eigenvalue weighted by Crippen LogP contribution is 2.21. The topological polar surface area (TPSA) is 26.3 Å². The lowest BCUT2D eigenvalue weighted by atomic mass is 10.1. The number of hydrogen-bond acceptors (Lipinski definition) is 2. The van der Waals surface area contributed by atoms with E-state index in [1.165, 1.54) is 0 Å². The fourth-order valence-electron chi connectivity index (χ4n) is 1.18. The van der Waals surface area contributed by atoms with Crippen LogP contribution in [0.25, 0.3) is 0 Å². The third kappa shape index (κ3) is 2.99. The number of para-hydroxylation sites is 1. The maximum Gasteiger partial charge on any atom is 0.242 e. The second-order valence-electron chi connectivity index (χ2n) is 4.27. The normalized spacial score (nSPS) is 11.1. The standard InChI is InChI=1S/C11H16O2Si/c1-9(12)10-7-5-6-8-11(10)13-14(2,3)4/h5-8H,1-4H3. The van der Waals surface area contributed by atoms with E-state index < -0.39 is 8.32 Å². The number of ketones is 1. The van der Waals surface area contributed by atoms with Gasteiger partial charge in [0.15, 0.2) is 5.78 Å². The Kier molecular flexibility index (Phi) is 3.11. The molecule has 1 aromatic rings. The van der Waals surface area contributed by atoms with Gasteiger partial charge in [0.2, 0.25) is 8.32 Å². The molecule has 0 bridgehead atoms. The first-order valence-electron chi connectivity index (χ1n) is 4.69. The summed E-state index contributed by atoms with van der Waals surface area (Å²) in [4.78, 5) is 11.3. The van der Waals surface area contributed by atoms with Crippen LogP contribution in [0.4, 0.5) is 0 Å². The Hall–Kier alpha value is -1.09. The fourth-order valence-corrected chi connectivity index (χ4v) is 2.01. The summed E-state index contributed by atoms with van der Waals surface area (Å²) in [5.74, 6) is 0.776. The molecule has 0 aliphatic heterocycles. The average Bonchev–Trinajstić information content (AvgIpc) is 2.01. The molecular weight excluding hydrogens is 192 g/mol. The molecule has 0 aromatic heterocycles. The highest BCUT2D eigenvalue weighted by atomic mass is 28.4. The summed E-state index contributed by atoms with van der Waals surface area (Å²) in [5, 5.41) is 0. The van der Waals surface area contributed by atoms with Crippen LogP contribution in [0.3, 0.4) is 0 Å². The van der Waals surface area contributed by atoms with E-state index in [0.29, 0.717) is 5.56 Å². The quantitative estimate of drug-likeness (QED) is 0.563. The molecule has 3 heteroatoms. The van der Waals surface area contributed by atoms with Gasteiger partial charge in [-0.3, -0.25) is 4.79 Å². The molecule has 76 valence electrons. The van der Waals surface area contributed by atoms with Crippen LogP contribution in [0, 0.1) is 0 Å². The van der Waals surface area contributed by atoms with Crippen molar-refractivity contribution in [2.24, 2.45) is 0 Å². The first-order valence-corrected chi connectivity index (χ1v) is 8.10. The summed E-state index contributed by atoms with van der Waals surface area (Å²) >= 11 is 0. The van der Waals surface area contributed by atoms with Gasteiger partial charge in [-0.15, -0.1) is 0 Å². The largest absolute Gasteiger partial charge is 0.544 e. The minimum atomic E-state index is -1.63. The Labute approximate surface area is 86.0 Å². The SMILES string of the molecule is CC(=O)c1ccccc1O[Si](C)(C)C. The van der Waals surface area contributed by atoms with Crippen LogP contribution >= 0.6 is 0 Å². The van der Waals surface area contributed by atoms with Gasteiger partial charge in [0.05, 0.1) is 5.56 Å². The molecule has 14 heavy (non-hydrogen) atoms. The van der Waals surface area contributed by atoms with Crippen molar-refractivity contribution in [2.45, 2.75) is 26.6 Å². The molecule has 0 N–H and O–H groups in total. The van der Waals surface area contributed by atoms with Crippen LogP contribution in [-0.4, -0.2) is 14.1 Å². The molecule has 0 aliphatic carbocycles. The molecule has 1 rings (SSSR count). The van der Waals surface area contributed by atoms with Crippen LogP contribution in [0.2, 0.25) is 19.6 Å². The van der Waals surface area contributed by atoms with Crippen molar-refractivity contribution in [3.8, 4) is 5.75 Å². The molecule has 0 saturated heterocycles. The van der Waals surface area contributed by atoms with Crippen molar-refractivity contribution in [3.63, 3.8) is 0 Å². The van der Waals surface area contributed by atoms with E-state index in [1.807, 2.05) is 18.2 Å². The molecular formula is C11H16O2Si. The van der Waals surface area contributed by atoms with Crippen molar-refractivity contribution < 1.29 is 9.22 Å². The van der Waals surface area contributed by atoms with Crippen LogP contribution in [0.5, 0.6) is 5.75 Å². The molecule has 0 heterocycles. The number of Topliss-reactive ketones (excluding diaryl/α,β-unsaturated/α-hetero) is 1. The first kappa shape index (κ1) is 11.0. The molecule has 0 atom stereocenters. The van der Waals surface area contributed by atoms with E-state index in [9.17, 15) is 4.79 Å². The zero-order chi connectivity index (χ0) is 10.8. The molecule has 0 amide bonds. The summed E-state index contributed by atoms with van der Waals surface area (Å²) in [7, 11) is -1.63. The molecule has 0 saturated carbocycles. The fraction of sp³-hybridized carbons (Fsp3) is 0.364. The lowest BCUT2D eigenvalue weighted by molar-refractivity contribution is 0.101. The van der Waals surface area contributed by atoms with E-state index in [-0.39, 0.29) is 5.78 Å². The Bertz CT molecular complexity index is 339. The van der Waals surface area contributed by atoms with Gasteiger partial charge in [-0.2, -0.15) is 0 Å². The summed E-state index contributed by atoms with van der Waals surface area (Å²) in [5.41, 5.74) is 0.676. The Balaban J connectivity index is 3.02. The van der Waals surface area contributed by atoms with Gasteiger partial charge in [-0.25, -0.2) is 0 Å². The van der Waals surface area contributed by atoms with Gasteiger partial charge in [-0.05, 0) is 38.7 Å². The molecule has 0 spiro atoms. The van der Waals surface area contributed by atoms with E-state index in [1.54, 1.807) is 13.0 Å². The molecule has 0 fully saturated rings. The van der Waals surface area contributed by atoms with Gasteiger partial charge in [0, 0.05) is 0 Å². The van der Waals surface area contributed by atoms with Crippen molar-refractivity contribution >= 4 is 14.1 Å². The molecule has 1 aromatic carbocycles. The number of benzene rings is 1. The van der Waals surface area contributed by atoms with E-state index in [0.717, 1.165) is 5.75 Å². The highest BCUT2D eigenvalue weighted by Gasteiger charge is 2.18. The van der Waals surface area contributed by atoms with Gasteiger partial charge in [0.25, 0.3) is 0 Å². The lowest BCUT2D eigenvalue weighted by Crippen LogP contribution is -2.30. The number of rotatable bonds is 3. The Morgan fingerprint density at radius 3 is 2.29 bits per heavy atom. The van der Waals surface area contributed by atoms with Crippen LogP contribution in [-0.2, 0) is 0 Å². The van der Waals surface area contributed by atoms with E-state index >= 15 is 0 Å². The van der Waals surface area contributed by atoms with Crippen LogP contribution < -0.4 is 4.43 Å². The minimum Gasteiger partial charge on any atom is -0.544 e. The second-order valence-corrected chi connectivity index (χ2v) is 8.70. The Morgan fingerprint density at radius 2 is 1.79 bits per heavy atom. The smallest absolute Gasteiger partial charge is 0.242 e. The predicted octanol–water partition coefficient (Wildman–Crippen LogP) is 3.10. The lowest BCUT2D eigenvalue weighted by Gasteiger charge is -2.20. The number of carbonyl (C=O) groups is 1. The van der Waals surface area contributed by atoms with E-state index in [2.05, 4.69) is 19.6 Å². The summed E-state index contributed by atoms with van der Waals surface area (Å²) in [6.07, 6.45) is 0. The van der Waals surface area contributed by atoms with Gasteiger partial charge in [-0.1, -0.05) is 12.1 Å². The average molecular weight is 208 g/mol. The van der Waals surface area contributed by atoms with Crippen molar-refractivity contribution in [1.29, 1.82) is 0 Å². The molecule has 2 nitrogen and oxygen atoms in total. The second kappa shape index (κ2) is 3.96. The van der Waals surface area contributed by atoms with Crippen molar-refractivity contribution in [3.05, 3.63) is 29.8 Å². The molecule has 0 unspecified atom stereocenters. The van der Waals surface area contributed by atoms with Crippen LogP contribution in [0.15, 0.2) is 24.3 Å². The minimum absolute atomic E-state index is 0.0545. The third-order valence-electron chi connectivity index (χ3n) is 1.68. The van der Waals surface area contributed by atoms with Gasteiger partial charge < -0.3 is 4.43 Å². The van der Waals surface area contributed by atoms with Gasteiger partial charge >= 0.3 is 0 Å². The molecule has 0 radical (unpaired) electrons.